The van der Waals surface area contributed by atoms with Crippen LogP contribution in [0.5, 0.6) is 0 Å². The van der Waals surface area contributed by atoms with Gasteiger partial charge in [-0.15, -0.1) is 0 Å². The molecule has 112 valence electrons. The van der Waals surface area contributed by atoms with Crippen molar-refractivity contribution >= 4 is 18.0 Å². The Kier molecular flexibility index (Phi) is 8.49. The van der Waals surface area contributed by atoms with E-state index in [1.807, 2.05) is 0 Å². The van der Waals surface area contributed by atoms with Crippen molar-refractivity contribution in [2.24, 2.45) is 5.73 Å². The van der Waals surface area contributed by atoms with Crippen molar-refractivity contribution in [1.29, 1.82) is 0 Å². The molecule has 0 saturated carbocycles. The average molecular weight is 285 g/mol. The third kappa shape index (κ3) is 8.73. The van der Waals surface area contributed by atoms with Crippen LogP contribution in [0.25, 0.3) is 0 Å². The standard InChI is InChI=1S/C13H19NO6/c1-9(2)11(15)18-6-4-5-10(3)12(16)19-7-8-20-13(14)17/h5H,1,4,6-8H2,2-3H3,(H2,14,17)/b10-5+. The van der Waals surface area contributed by atoms with E-state index >= 15 is 0 Å². The topological polar surface area (TPSA) is 105 Å². The Balaban J connectivity index is 3.87. The van der Waals surface area contributed by atoms with Crippen LogP contribution in [0.1, 0.15) is 20.3 Å². The Morgan fingerprint density at radius 1 is 1.00 bits per heavy atom. The minimum atomic E-state index is -0.923. The van der Waals surface area contributed by atoms with E-state index in [2.05, 4.69) is 11.3 Å². The van der Waals surface area contributed by atoms with Gasteiger partial charge in [-0.25, -0.2) is 14.4 Å². The summed E-state index contributed by atoms with van der Waals surface area (Å²) in [6, 6.07) is 0. The van der Waals surface area contributed by atoms with Gasteiger partial charge in [0, 0.05) is 17.6 Å². The van der Waals surface area contributed by atoms with Crippen LogP contribution in [0, 0.1) is 0 Å². The smallest absolute Gasteiger partial charge is 0.404 e. The second-order valence-corrected chi connectivity index (χ2v) is 3.90. The van der Waals surface area contributed by atoms with Crippen LogP contribution in [-0.2, 0) is 23.8 Å². The summed E-state index contributed by atoms with van der Waals surface area (Å²) in [6.45, 7) is 6.55. The molecule has 0 aliphatic heterocycles. The van der Waals surface area contributed by atoms with Gasteiger partial charge in [-0.1, -0.05) is 12.7 Å². The van der Waals surface area contributed by atoms with Gasteiger partial charge in [0.1, 0.15) is 13.2 Å². The first-order valence-corrected chi connectivity index (χ1v) is 5.93. The Hall–Kier alpha value is -2.31. The molecule has 0 aromatic rings. The minimum absolute atomic E-state index is 0.0718. The lowest BCUT2D eigenvalue weighted by molar-refractivity contribution is -0.140. The first-order valence-electron chi connectivity index (χ1n) is 5.93. The SMILES string of the molecule is C=C(C)C(=O)OCC/C=C(\C)C(=O)OCCOC(N)=O. The second-order valence-electron chi connectivity index (χ2n) is 3.90. The van der Waals surface area contributed by atoms with Crippen molar-refractivity contribution in [3.8, 4) is 0 Å². The quantitative estimate of drug-likeness (QED) is 0.309. The lowest BCUT2D eigenvalue weighted by Crippen LogP contribution is -2.18. The molecule has 0 radical (unpaired) electrons. The zero-order chi connectivity index (χ0) is 15.5. The Morgan fingerprint density at radius 2 is 1.55 bits per heavy atom. The second kappa shape index (κ2) is 9.60. The van der Waals surface area contributed by atoms with E-state index in [1.54, 1.807) is 19.9 Å². The van der Waals surface area contributed by atoms with Gasteiger partial charge in [-0.3, -0.25) is 0 Å². The van der Waals surface area contributed by atoms with Crippen molar-refractivity contribution in [1.82, 2.24) is 0 Å². The van der Waals surface area contributed by atoms with Gasteiger partial charge in [0.15, 0.2) is 0 Å². The largest absolute Gasteiger partial charge is 0.462 e. The summed E-state index contributed by atoms with van der Waals surface area (Å²) in [5.74, 6) is -1.01. The molecule has 1 amide bonds. The molecular formula is C13H19NO6. The molecular weight excluding hydrogens is 266 g/mol. The van der Waals surface area contributed by atoms with Crippen LogP contribution >= 0.6 is 0 Å². The maximum absolute atomic E-state index is 11.4. The number of rotatable bonds is 8. The van der Waals surface area contributed by atoms with Crippen LogP contribution in [-0.4, -0.2) is 37.9 Å². The molecule has 0 aliphatic rings. The molecule has 0 saturated heterocycles. The predicted molar refractivity (Wildman–Crippen MR) is 70.6 cm³/mol. The number of hydrogen-bond donors (Lipinski definition) is 1. The van der Waals surface area contributed by atoms with Crippen LogP contribution in [0.15, 0.2) is 23.8 Å². The fourth-order valence-corrected chi connectivity index (χ4v) is 1.02. The molecule has 0 aromatic heterocycles. The average Bonchev–Trinajstić information content (AvgIpc) is 2.38. The van der Waals surface area contributed by atoms with Crippen LogP contribution in [0.2, 0.25) is 0 Å². The van der Waals surface area contributed by atoms with Crippen molar-refractivity contribution < 1.29 is 28.6 Å². The highest BCUT2D eigenvalue weighted by Gasteiger charge is 2.06. The number of nitrogens with two attached hydrogens (primary N) is 1. The zero-order valence-corrected chi connectivity index (χ0v) is 11.6. The number of primary amides is 1. The number of carbonyl (C=O) groups excluding carboxylic acids is 3. The predicted octanol–water partition coefficient (Wildman–Crippen LogP) is 1.08. The molecule has 0 bridgehead atoms. The van der Waals surface area contributed by atoms with E-state index in [9.17, 15) is 14.4 Å². The van der Waals surface area contributed by atoms with Gasteiger partial charge < -0.3 is 19.9 Å². The fourth-order valence-electron chi connectivity index (χ4n) is 1.02. The first-order chi connectivity index (χ1) is 9.34. The summed E-state index contributed by atoms with van der Waals surface area (Å²) in [7, 11) is 0. The fraction of sp³-hybridized carbons (Fsp3) is 0.462. The summed E-state index contributed by atoms with van der Waals surface area (Å²) < 4.78 is 14.1. The van der Waals surface area contributed by atoms with Crippen LogP contribution in [0.3, 0.4) is 0 Å². The minimum Gasteiger partial charge on any atom is -0.462 e. The number of carbonyl (C=O) groups is 3. The molecule has 0 aliphatic carbocycles. The van der Waals surface area contributed by atoms with Gasteiger partial charge in [-0.2, -0.15) is 0 Å². The van der Waals surface area contributed by atoms with E-state index in [-0.39, 0.29) is 19.8 Å². The third-order valence-corrected chi connectivity index (χ3v) is 2.03. The van der Waals surface area contributed by atoms with E-state index in [4.69, 9.17) is 15.2 Å². The van der Waals surface area contributed by atoms with E-state index in [1.165, 1.54) is 0 Å². The Bertz CT molecular complexity index is 413. The molecule has 20 heavy (non-hydrogen) atoms. The van der Waals surface area contributed by atoms with E-state index in [0.717, 1.165) is 0 Å². The highest BCUT2D eigenvalue weighted by molar-refractivity contribution is 5.88. The lowest BCUT2D eigenvalue weighted by atomic mass is 10.2. The molecule has 0 unspecified atom stereocenters. The molecule has 7 nitrogen and oxygen atoms in total. The first kappa shape index (κ1) is 17.7. The van der Waals surface area contributed by atoms with Crippen molar-refractivity contribution in [2.75, 3.05) is 19.8 Å². The summed E-state index contributed by atoms with van der Waals surface area (Å²) >= 11 is 0. The Morgan fingerprint density at radius 3 is 2.10 bits per heavy atom. The maximum atomic E-state index is 11.4. The van der Waals surface area contributed by atoms with Crippen molar-refractivity contribution in [2.45, 2.75) is 20.3 Å². The molecule has 7 heteroatoms. The molecule has 0 aromatic carbocycles. The van der Waals surface area contributed by atoms with Gasteiger partial charge in [0.25, 0.3) is 0 Å². The number of ether oxygens (including phenoxy) is 3. The van der Waals surface area contributed by atoms with E-state index in [0.29, 0.717) is 17.6 Å². The van der Waals surface area contributed by atoms with Crippen molar-refractivity contribution in [3.05, 3.63) is 23.8 Å². The lowest BCUT2D eigenvalue weighted by Gasteiger charge is -2.05. The molecule has 0 spiro atoms. The zero-order valence-electron chi connectivity index (χ0n) is 11.6. The molecule has 0 rings (SSSR count). The Labute approximate surface area is 117 Å². The van der Waals surface area contributed by atoms with Crippen LogP contribution < -0.4 is 5.73 Å². The highest BCUT2D eigenvalue weighted by Crippen LogP contribution is 2.00. The molecule has 0 heterocycles. The summed E-state index contributed by atoms with van der Waals surface area (Å²) in [5.41, 5.74) is 5.42. The number of amides is 1. The normalized spacial score (nSPS) is 10.6. The summed E-state index contributed by atoms with van der Waals surface area (Å²) in [4.78, 5) is 32.8. The molecule has 2 N–H and O–H groups in total. The van der Waals surface area contributed by atoms with Crippen molar-refractivity contribution in [3.63, 3.8) is 0 Å². The molecule has 0 fully saturated rings. The van der Waals surface area contributed by atoms with Crippen LogP contribution in [0.4, 0.5) is 4.79 Å². The number of hydrogen-bond acceptors (Lipinski definition) is 6. The third-order valence-electron chi connectivity index (χ3n) is 2.03. The monoisotopic (exact) mass is 285 g/mol. The van der Waals surface area contributed by atoms with Gasteiger partial charge in [-0.05, 0) is 13.8 Å². The van der Waals surface area contributed by atoms with E-state index < -0.39 is 18.0 Å². The highest BCUT2D eigenvalue weighted by atomic mass is 16.6. The van der Waals surface area contributed by atoms with Gasteiger partial charge in [0.05, 0.1) is 6.61 Å². The van der Waals surface area contributed by atoms with Gasteiger partial charge in [0.2, 0.25) is 0 Å². The maximum Gasteiger partial charge on any atom is 0.404 e. The summed E-state index contributed by atoms with van der Waals surface area (Å²) in [6.07, 6.45) is 1.05. The summed E-state index contributed by atoms with van der Waals surface area (Å²) in [5, 5.41) is 0. The van der Waals surface area contributed by atoms with Gasteiger partial charge >= 0.3 is 18.0 Å². The molecule has 0 atom stereocenters. The number of esters is 2.